The Balaban J connectivity index is 2.03. The van der Waals surface area contributed by atoms with Gasteiger partial charge in [-0.25, -0.2) is 0 Å². The van der Waals surface area contributed by atoms with E-state index < -0.39 is 0 Å². The quantitative estimate of drug-likeness (QED) is 0.788. The number of hydrogen-bond acceptors (Lipinski definition) is 2. The summed E-state index contributed by atoms with van der Waals surface area (Å²) in [6.07, 6.45) is 4.57. The number of amides is 2. The summed E-state index contributed by atoms with van der Waals surface area (Å²) in [5, 5.41) is 2.78. The molecule has 2 heterocycles. The molecule has 0 spiro atoms. The van der Waals surface area contributed by atoms with Gasteiger partial charge in [0.15, 0.2) is 0 Å². The normalized spacial score (nSPS) is 29.6. The first-order valence-electron chi connectivity index (χ1n) is 6.69. The summed E-state index contributed by atoms with van der Waals surface area (Å²) >= 11 is 0. The van der Waals surface area contributed by atoms with Gasteiger partial charge in [0, 0.05) is 19.0 Å². The van der Waals surface area contributed by atoms with Gasteiger partial charge in [-0.3, -0.25) is 9.59 Å². The van der Waals surface area contributed by atoms with Crippen molar-refractivity contribution in [3.05, 3.63) is 0 Å². The van der Waals surface area contributed by atoms with Crippen LogP contribution in [0.3, 0.4) is 0 Å². The van der Waals surface area contributed by atoms with E-state index in [0.717, 1.165) is 19.4 Å². The number of likely N-dealkylation sites (tertiary alicyclic amines) is 1. The predicted octanol–water partition coefficient (Wildman–Crippen LogP) is 1.30. The summed E-state index contributed by atoms with van der Waals surface area (Å²) in [5.74, 6) is 0.645. The third-order valence-electron chi connectivity index (χ3n) is 3.90. The summed E-state index contributed by atoms with van der Waals surface area (Å²) in [4.78, 5) is 25.6. The van der Waals surface area contributed by atoms with Crippen molar-refractivity contribution < 1.29 is 9.59 Å². The average molecular weight is 238 g/mol. The molecule has 0 radical (unpaired) electrons. The van der Waals surface area contributed by atoms with Crippen LogP contribution in [0.5, 0.6) is 0 Å². The lowest BCUT2D eigenvalue weighted by molar-refractivity contribution is -0.138. The second-order valence-electron chi connectivity index (χ2n) is 5.50. The molecule has 17 heavy (non-hydrogen) atoms. The second-order valence-corrected chi connectivity index (χ2v) is 5.50. The van der Waals surface area contributed by atoms with Crippen LogP contribution in [0.25, 0.3) is 0 Å². The van der Waals surface area contributed by atoms with Crippen LogP contribution in [0.1, 0.15) is 46.0 Å². The molecule has 2 atom stereocenters. The van der Waals surface area contributed by atoms with Gasteiger partial charge in [-0.05, 0) is 31.6 Å². The molecule has 2 rings (SSSR count). The molecule has 2 amide bonds. The summed E-state index contributed by atoms with van der Waals surface area (Å²) in [5.41, 5.74) is 0. The van der Waals surface area contributed by atoms with Crippen LogP contribution in [0, 0.1) is 5.92 Å². The molecular formula is C13H22N2O2. The Morgan fingerprint density at radius 2 is 2.12 bits per heavy atom. The van der Waals surface area contributed by atoms with E-state index in [1.807, 2.05) is 4.90 Å². The molecule has 2 fully saturated rings. The highest BCUT2D eigenvalue weighted by Gasteiger charge is 2.35. The Kier molecular flexibility index (Phi) is 3.69. The first kappa shape index (κ1) is 12.4. The highest BCUT2D eigenvalue weighted by molar-refractivity contribution is 5.91. The van der Waals surface area contributed by atoms with Gasteiger partial charge in [0.2, 0.25) is 11.8 Å². The van der Waals surface area contributed by atoms with Crippen LogP contribution in [-0.2, 0) is 9.59 Å². The molecule has 4 nitrogen and oxygen atoms in total. The maximum atomic E-state index is 12.4. The van der Waals surface area contributed by atoms with E-state index in [-0.39, 0.29) is 17.9 Å². The molecule has 2 aliphatic rings. The zero-order valence-corrected chi connectivity index (χ0v) is 10.7. The summed E-state index contributed by atoms with van der Waals surface area (Å²) in [7, 11) is 0. The minimum Gasteiger partial charge on any atom is -0.344 e. The molecular weight excluding hydrogens is 216 g/mol. The zero-order chi connectivity index (χ0) is 12.4. The van der Waals surface area contributed by atoms with E-state index in [1.54, 1.807) is 0 Å². The first-order valence-corrected chi connectivity index (χ1v) is 6.69. The van der Waals surface area contributed by atoms with E-state index in [9.17, 15) is 9.59 Å². The van der Waals surface area contributed by atoms with E-state index in [1.165, 1.54) is 6.42 Å². The number of carbonyl (C=O) groups excluding carboxylic acids is 2. The number of hydrogen-bond donors (Lipinski definition) is 1. The lowest BCUT2D eigenvalue weighted by Gasteiger charge is -2.39. The van der Waals surface area contributed by atoms with Crippen LogP contribution >= 0.6 is 0 Å². The number of carbonyl (C=O) groups is 2. The van der Waals surface area contributed by atoms with E-state index in [2.05, 4.69) is 19.2 Å². The van der Waals surface area contributed by atoms with E-state index in [0.29, 0.717) is 24.8 Å². The van der Waals surface area contributed by atoms with Crippen molar-refractivity contribution in [2.24, 2.45) is 5.92 Å². The Labute approximate surface area is 103 Å². The molecule has 0 aliphatic carbocycles. The monoisotopic (exact) mass is 238 g/mol. The molecule has 0 bridgehead atoms. The molecule has 0 aromatic carbocycles. The summed E-state index contributed by atoms with van der Waals surface area (Å²) in [6.45, 7) is 5.20. The minimum absolute atomic E-state index is 0.0152. The lowest BCUT2D eigenvalue weighted by Crippen LogP contribution is -2.52. The SMILES string of the molecule is CC(C)C1CCCCN1C(=O)[C@H]1CCC(=O)N1. The fourth-order valence-corrected chi connectivity index (χ4v) is 2.92. The fraction of sp³-hybridized carbons (Fsp3) is 0.846. The average Bonchev–Trinajstić information content (AvgIpc) is 2.75. The third-order valence-corrected chi connectivity index (χ3v) is 3.90. The Bertz CT molecular complexity index is 315. The standard InChI is InChI=1S/C13H22N2O2/c1-9(2)11-5-3-4-8-15(11)13(17)10-6-7-12(16)14-10/h9-11H,3-8H2,1-2H3,(H,14,16)/t10-,11?/m1/s1. The van der Waals surface area contributed by atoms with Crippen LogP contribution in [0.2, 0.25) is 0 Å². The number of nitrogens with one attached hydrogen (secondary N) is 1. The Morgan fingerprint density at radius 3 is 2.71 bits per heavy atom. The van der Waals surface area contributed by atoms with Crippen molar-refractivity contribution in [1.82, 2.24) is 10.2 Å². The second kappa shape index (κ2) is 5.07. The summed E-state index contributed by atoms with van der Waals surface area (Å²) < 4.78 is 0. The van der Waals surface area contributed by atoms with Gasteiger partial charge in [-0.2, -0.15) is 0 Å². The van der Waals surface area contributed by atoms with Crippen LogP contribution in [0.15, 0.2) is 0 Å². The summed E-state index contributed by atoms with van der Waals surface area (Å²) in [6, 6.07) is 0.0932. The maximum Gasteiger partial charge on any atom is 0.245 e. The molecule has 1 N–H and O–H groups in total. The van der Waals surface area contributed by atoms with E-state index in [4.69, 9.17) is 0 Å². The maximum absolute atomic E-state index is 12.4. The van der Waals surface area contributed by atoms with Crippen LogP contribution < -0.4 is 5.32 Å². The number of nitrogens with zero attached hydrogens (tertiary/aromatic N) is 1. The van der Waals surface area contributed by atoms with Crippen LogP contribution in [-0.4, -0.2) is 35.3 Å². The number of piperidine rings is 1. The zero-order valence-electron chi connectivity index (χ0n) is 10.7. The fourth-order valence-electron chi connectivity index (χ4n) is 2.92. The van der Waals surface area contributed by atoms with Gasteiger partial charge < -0.3 is 10.2 Å². The number of rotatable bonds is 2. The van der Waals surface area contributed by atoms with Gasteiger partial charge >= 0.3 is 0 Å². The van der Waals surface area contributed by atoms with Gasteiger partial charge in [0.25, 0.3) is 0 Å². The van der Waals surface area contributed by atoms with Gasteiger partial charge in [0.1, 0.15) is 6.04 Å². The van der Waals surface area contributed by atoms with Crippen LogP contribution in [0.4, 0.5) is 0 Å². The molecule has 4 heteroatoms. The van der Waals surface area contributed by atoms with Crippen molar-refractivity contribution >= 4 is 11.8 Å². The Hall–Kier alpha value is -1.06. The molecule has 2 aliphatic heterocycles. The van der Waals surface area contributed by atoms with Crippen molar-refractivity contribution in [2.75, 3.05) is 6.54 Å². The van der Waals surface area contributed by atoms with Crippen molar-refractivity contribution in [3.8, 4) is 0 Å². The van der Waals surface area contributed by atoms with Crippen molar-refractivity contribution in [3.63, 3.8) is 0 Å². The van der Waals surface area contributed by atoms with Gasteiger partial charge in [-0.15, -0.1) is 0 Å². The highest BCUT2D eigenvalue weighted by atomic mass is 16.2. The molecule has 96 valence electrons. The Morgan fingerprint density at radius 1 is 1.35 bits per heavy atom. The van der Waals surface area contributed by atoms with Gasteiger partial charge in [-0.1, -0.05) is 13.8 Å². The molecule has 0 aromatic rings. The first-order chi connectivity index (χ1) is 8.09. The lowest BCUT2D eigenvalue weighted by atomic mass is 9.92. The molecule has 0 saturated carbocycles. The molecule has 1 unspecified atom stereocenters. The van der Waals surface area contributed by atoms with Crippen molar-refractivity contribution in [1.29, 1.82) is 0 Å². The topological polar surface area (TPSA) is 49.4 Å². The van der Waals surface area contributed by atoms with Gasteiger partial charge in [0.05, 0.1) is 0 Å². The van der Waals surface area contributed by atoms with Crippen molar-refractivity contribution in [2.45, 2.75) is 58.0 Å². The smallest absolute Gasteiger partial charge is 0.245 e. The predicted molar refractivity (Wildman–Crippen MR) is 65.4 cm³/mol. The minimum atomic E-state index is -0.262. The molecule has 2 saturated heterocycles. The largest absolute Gasteiger partial charge is 0.344 e. The highest BCUT2D eigenvalue weighted by Crippen LogP contribution is 2.25. The molecule has 0 aromatic heterocycles. The van der Waals surface area contributed by atoms with E-state index >= 15 is 0 Å². The third kappa shape index (κ3) is 2.61.